The molecule has 0 aliphatic carbocycles. The first-order valence-electron chi connectivity index (χ1n) is 8.40. The molecule has 5 nitrogen and oxygen atoms in total. The van der Waals surface area contributed by atoms with Crippen LogP contribution in [0.15, 0.2) is 48.8 Å². The number of hydrogen-bond acceptors (Lipinski definition) is 2. The Hall–Kier alpha value is -2.56. The monoisotopic (exact) mass is 325 g/mol. The second-order valence-electron chi connectivity index (χ2n) is 6.30. The number of hydrogen-bond donors (Lipinski definition) is 1. The van der Waals surface area contributed by atoms with Gasteiger partial charge in [-0.05, 0) is 55.2 Å². The highest BCUT2D eigenvalue weighted by atomic mass is 16.2. The van der Waals surface area contributed by atoms with Gasteiger partial charge in [0.25, 0.3) is 5.91 Å². The van der Waals surface area contributed by atoms with Crippen LogP contribution in [0.3, 0.4) is 0 Å². The first-order valence-corrected chi connectivity index (χ1v) is 8.40. The van der Waals surface area contributed by atoms with E-state index in [4.69, 9.17) is 0 Å². The summed E-state index contributed by atoms with van der Waals surface area (Å²) >= 11 is 0. The molecule has 1 aromatic carbocycles. The Morgan fingerprint density at radius 3 is 2.29 bits per heavy atom. The van der Waals surface area contributed by atoms with Crippen LogP contribution in [-0.4, -0.2) is 40.9 Å². The van der Waals surface area contributed by atoms with Gasteiger partial charge in [-0.3, -0.25) is 9.59 Å². The number of nitrogens with one attached hydrogen (secondary N) is 1. The minimum Gasteiger partial charge on any atom is -0.352 e. The zero-order valence-corrected chi connectivity index (χ0v) is 13.9. The molecule has 1 saturated heterocycles. The van der Waals surface area contributed by atoms with Gasteiger partial charge in [0.15, 0.2) is 0 Å². The second kappa shape index (κ2) is 7.34. The highest BCUT2D eigenvalue weighted by Gasteiger charge is 2.21. The molecule has 2 heterocycles. The van der Waals surface area contributed by atoms with Gasteiger partial charge in [-0.25, -0.2) is 0 Å². The van der Waals surface area contributed by atoms with Crippen LogP contribution in [0.2, 0.25) is 0 Å². The number of carbonyl (C=O) groups is 2. The second-order valence-corrected chi connectivity index (χ2v) is 6.30. The van der Waals surface area contributed by atoms with E-state index in [9.17, 15) is 9.59 Å². The number of carbonyl (C=O) groups excluding carboxylic acids is 2. The van der Waals surface area contributed by atoms with Crippen molar-refractivity contribution in [2.45, 2.75) is 19.8 Å². The minimum atomic E-state index is -0.0388. The molecule has 2 amide bonds. The van der Waals surface area contributed by atoms with E-state index in [1.165, 1.54) is 0 Å². The number of likely N-dealkylation sites (tertiary alicyclic amines) is 1. The molecule has 126 valence electrons. The van der Waals surface area contributed by atoms with Crippen molar-refractivity contribution in [1.82, 2.24) is 14.8 Å². The molecule has 24 heavy (non-hydrogen) atoms. The molecular formula is C19H23N3O2. The lowest BCUT2D eigenvalue weighted by molar-refractivity contribution is -0.130. The SMILES string of the molecule is CC(=O)N1CCC(CNC(=O)c2ccc(-n3cccc3)cc2)CC1. The Kier molecular flexibility index (Phi) is 4.99. The summed E-state index contributed by atoms with van der Waals surface area (Å²) < 4.78 is 2.00. The maximum Gasteiger partial charge on any atom is 0.251 e. The van der Waals surface area contributed by atoms with E-state index in [0.717, 1.165) is 31.6 Å². The zero-order chi connectivity index (χ0) is 16.9. The van der Waals surface area contributed by atoms with Crippen molar-refractivity contribution in [3.63, 3.8) is 0 Å². The molecule has 0 spiro atoms. The fraction of sp³-hybridized carbons (Fsp3) is 0.368. The maximum absolute atomic E-state index is 12.3. The lowest BCUT2D eigenvalue weighted by atomic mass is 9.96. The number of aromatic nitrogens is 1. The molecule has 0 radical (unpaired) electrons. The van der Waals surface area contributed by atoms with E-state index in [1.54, 1.807) is 6.92 Å². The predicted octanol–water partition coefficient (Wildman–Crippen LogP) is 2.47. The van der Waals surface area contributed by atoms with Crippen LogP contribution in [0.5, 0.6) is 0 Å². The Labute approximate surface area is 142 Å². The quantitative estimate of drug-likeness (QED) is 0.939. The molecule has 0 bridgehead atoms. The van der Waals surface area contributed by atoms with Crippen molar-refractivity contribution >= 4 is 11.8 Å². The van der Waals surface area contributed by atoms with Gasteiger partial charge >= 0.3 is 0 Å². The molecule has 0 unspecified atom stereocenters. The van der Waals surface area contributed by atoms with Crippen molar-refractivity contribution in [3.05, 3.63) is 54.4 Å². The van der Waals surface area contributed by atoms with Gasteiger partial charge in [-0.15, -0.1) is 0 Å². The third kappa shape index (κ3) is 3.85. The van der Waals surface area contributed by atoms with E-state index in [1.807, 2.05) is 58.3 Å². The van der Waals surface area contributed by atoms with E-state index < -0.39 is 0 Å². The molecule has 2 aromatic rings. The van der Waals surface area contributed by atoms with E-state index >= 15 is 0 Å². The average Bonchev–Trinajstić information content (AvgIpc) is 3.15. The van der Waals surface area contributed by atoms with Gasteiger partial charge in [0.1, 0.15) is 0 Å². The smallest absolute Gasteiger partial charge is 0.251 e. The van der Waals surface area contributed by atoms with E-state index in [0.29, 0.717) is 18.0 Å². The topological polar surface area (TPSA) is 54.3 Å². The molecule has 0 atom stereocenters. The number of benzene rings is 1. The van der Waals surface area contributed by atoms with Crippen LogP contribution in [0, 0.1) is 5.92 Å². The van der Waals surface area contributed by atoms with Gasteiger partial charge in [-0.1, -0.05) is 0 Å². The van der Waals surface area contributed by atoms with Crippen LogP contribution < -0.4 is 5.32 Å². The molecule has 0 saturated carbocycles. The van der Waals surface area contributed by atoms with Gasteiger partial charge in [0.2, 0.25) is 5.91 Å². The van der Waals surface area contributed by atoms with E-state index in [2.05, 4.69) is 5.32 Å². The number of piperidine rings is 1. The molecule has 3 rings (SSSR count). The molecule has 1 aromatic heterocycles. The van der Waals surface area contributed by atoms with E-state index in [-0.39, 0.29) is 11.8 Å². The molecular weight excluding hydrogens is 302 g/mol. The summed E-state index contributed by atoms with van der Waals surface area (Å²) in [5, 5.41) is 3.02. The average molecular weight is 325 g/mol. The zero-order valence-electron chi connectivity index (χ0n) is 13.9. The highest BCUT2D eigenvalue weighted by Crippen LogP contribution is 2.16. The Bertz CT molecular complexity index is 684. The third-order valence-electron chi connectivity index (χ3n) is 4.64. The Balaban J connectivity index is 1.50. The summed E-state index contributed by atoms with van der Waals surface area (Å²) in [5.74, 6) is 0.548. The number of nitrogens with zero attached hydrogens (tertiary/aromatic N) is 2. The van der Waals surface area contributed by atoms with Crippen LogP contribution in [-0.2, 0) is 4.79 Å². The normalized spacial score (nSPS) is 15.3. The van der Waals surface area contributed by atoms with Crippen molar-refractivity contribution in [2.75, 3.05) is 19.6 Å². The Morgan fingerprint density at radius 2 is 1.71 bits per heavy atom. The molecule has 1 aliphatic heterocycles. The standard InChI is InChI=1S/C19H23N3O2/c1-15(23)21-12-8-16(9-13-21)14-20-19(24)17-4-6-18(7-5-17)22-10-2-3-11-22/h2-7,10-11,16H,8-9,12-14H2,1H3,(H,20,24). The number of amides is 2. The summed E-state index contributed by atoms with van der Waals surface area (Å²) in [4.78, 5) is 25.5. The summed E-state index contributed by atoms with van der Waals surface area (Å²) in [7, 11) is 0. The molecule has 5 heteroatoms. The summed E-state index contributed by atoms with van der Waals surface area (Å²) in [6.07, 6.45) is 5.85. The Morgan fingerprint density at radius 1 is 1.08 bits per heavy atom. The van der Waals surface area contributed by atoms with Crippen molar-refractivity contribution in [2.24, 2.45) is 5.92 Å². The van der Waals surface area contributed by atoms with Crippen LogP contribution in [0.1, 0.15) is 30.1 Å². The number of rotatable bonds is 4. The first-order chi connectivity index (χ1) is 11.6. The van der Waals surface area contributed by atoms with Crippen LogP contribution >= 0.6 is 0 Å². The molecule has 1 N–H and O–H groups in total. The van der Waals surface area contributed by atoms with Crippen molar-refractivity contribution in [3.8, 4) is 5.69 Å². The summed E-state index contributed by atoms with van der Waals surface area (Å²) in [6.45, 7) is 3.87. The molecule has 1 fully saturated rings. The predicted molar refractivity (Wildman–Crippen MR) is 93.1 cm³/mol. The highest BCUT2D eigenvalue weighted by molar-refractivity contribution is 5.94. The van der Waals surface area contributed by atoms with Crippen LogP contribution in [0.4, 0.5) is 0 Å². The van der Waals surface area contributed by atoms with Crippen molar-refractivity contribution < 1.29 is 9.59 Å². The fourth-order valence-electron chi connectivity index (χ4n) is 3.08. The molecule has 1 aliphatic rings. The summed E-state index contributed by atoms with van der Waals surface area (Å²) in [5.41, 5.74) is 1.71. The lowest BCUT2D eigenvalue weighted by Crippen LogP contribution is -2.40. The summed E-state index contributed by atoms with van der Waals surface area (Å²) in [6, 6.07) is 11.5. The van der Waals surface area contributed by atoms with Gasteiger partial charge in [0, 0.05) is 50.2 Å². The fourth-order valence-corrected chi connectivity index (χ4v) is 3.08. The van der Waals surface area contributed by atoms with Gasteiger partial charge in [0.05, 0.1) is 0 Å². The minimum absolute atomic E-state index is 0.0388. The van der Waals surface area contributed by atoms with Crippen molar-refractivity contribution in [1.29, 1.82) is 0 Å². The maximum atomic E-state index is 12.3. The largest absolute Gasteiger partial charge is 0.352 e. The van der Waals surface area contributed by atoms with Gasteiger partial charge < -0.3 is 14.8 Å². The first kappa shape index (κ1) is 16.3. The lowest BCUT2D eigenvalue weighted by Gasteiger charge is -2.31. The van der Waals surface area contributed by atoms with Gasteiger partial charge in [-0.2, -0.15) is 0 Å². The van der Waals surface area contributed by atoms with Crippen LogP contribution in [0.25, 0.3) is 5.69 Å². The third-order valence-corrected chi connectivity index (χ3v) is 4.64.